The molecule has 0 aromatic heterocycles. The fourth-order valence-electron chi connectivity index (χ4n) is 1.95. The zero-order chi connectivity index (χ0) is 13.8. The number of carboxylic acids is 1. The van der Waals surface area contributed by atoms with Crippen LogP contribution in [0.5, 0.6) is 0 Å². The third kappa shape index (κ3) is 9.13. The Bertz CT molecular complexity index is 234. The maximum atomic E-state index is 10.7. The Morgan fingerprint density at radius 2 is 1.56 bits per heavy atom. The molecule has 0 bridgehead atoms. The van der Waals surface area contributed by atoms with Crippen LogP contribution in [-0.2, 0) is 9.59 Å². The molecule has 0 aromatic rings. The summed E-state index contributed by atoms with van der Waals surface area (Å²) in [6, 6.07) is 0. The summed E-state index contributed by atoms with van der Waals surface area (Å²) in [5.74, 6) is -0.779. The van der Waals surface area contributed by atoms with Gasteiger partial charge in [-0.25, -0.2) is 0 Å². The molecule has 0 amide bonds. The molecule has 0 aliphatic rings. The standard InChI is InChI=1S/C13H26N2O3/c1-3-6-14(8-5-11-16)9-10-15(7-4-2)12-13(17)18/h11H,3-10,12H2,1-2H3,(H,17,18). The molecule has 0 rings (SSSR count). The van der Waals surface area contributed by atoms with Crippen LogP contribution in [0.2, 0.25) is 0 Å². The average Bonchev–Trinajstić information content (AvgIpc) is 2.32. The van der Waals surface area contributed by atoms with Crippen LogP contribution in [0.15, 0.2) is 0 Å². The molecule has 106 valence electrons. The van der Waals surface area contributed by atoms with Crippen molar-refractivity contribution in [3.8, 4) is 0 Å². The maximum absolute atomic E-state index is 10.7. The van der Waals surface area contributed by atoms with Crippen LogP contribution in [0.4, 0.5) is 0 Å². The van der Waals surface area contributed by atoms with E-state index in [0.717, 1.165) is 51.9 Å². The molecule has 0 aliphatic carbocycles. The van der Waals surface area contributed by atoms with E-state index >= 15 is 0 Å². The lowest BCUT2D eigenvalue weighted by Gasteiger charge is -2.25. The summed E-state index contributed by atoms with van der Waals surface area (Å²) in [6.45, 7) is 8.36. The van der Waals surface area contributed by atoms with E-state index < -0.39 is 5.97 Å². The summed E-state index contributed by atoms with van der Waals surface area (Å²) in [7, 11) is 0. The summed E-state index contributed by atoms with van der Waals surface area (Å²) in [4.78, 5) is 25.3. The summed E-state index contributed by atoms with van der Waals surface area (Å²) < 4.78 is 0. The van der Waals surface area contributed by atoms with E-state index in [2.05, 4.69) is 11.8 Å². The number of aliphatic carboxylic acids is 1. The van der Waals surface area contributed by atoms with Gasteiger partial charge in [0.2, 0.25) is 0 Å². The van der Waals surface area contributed by atoms with Crippen molar-refractivity contribution in [2.75, 3.05) is 39.3 Å². The first-order valence-electron chi connectivity index (χ1n) is 6.74. The van der Waals surface area contributed by atoms with Crippen LogP contribution in [-0.4, -0.2) is 66.4 Å². The number of carboxylic acid groups (broad SMARTS) is 1. The van der Waals surface area contributed by atoms with E-state index in [1.807, 2.05) is 11.8 Å². The zero-order valence-electron chi connectivity index (χ0n) is 11.6. The molecule has 0 spiro atoms. The van der Waals surface area contributed by atoms with Crippen LogP contribution in [0.25, 0.3) is 0 Å². The third-order valence-corrected chi connectivity index (χ3v) is 2.73. The molecule has 0 heterocycles. The van der Waals surface area contributed by atoms with E-state index in [9.17, 15) is 9.59 Å². The minimum absolute atomic E-state index is 0.0987. The first kappa shape index (κ1) is 17.1. The molecular formula is C13H26N2O3. The predicted octanol–water partition coefficient (Wildman–Crippen LogP) is 1.08. The summed E-state index contributed by atoms with van der Waals surface area (Å²) >= 11 is 0. The topological polar surface area (TPSA) is 60.9 Å². The molecule has 0 saturated heterocycles. The largest absolute Gasteiger partial charge is 0.480 e. The van der Waals surface area contributed by atoms with Gasteiger partial charge in [-0.3, -0.25) is 9.69 Å². The van der Waals surface area contributed by atoms with E-state index in [1.54, 1.807) is 0 Å². The van der Waals surface area contributed by atoms with Crippen molar-refractivity contribution in [2.45, 2.75) is 33.1 Å². The van der Waals surface area contributed by atoms with Crippen molar-refractivity contribution in [1.29, 1.82) is 0 Å². The van der Waals surface area contributed by atoms with Crippen LogP contribution < -0.4 is 0 Å². The number of carbonyl (C=O) groups excluding carboxylic acids is 1. The van der Waals surface area contributed by atoms with E-state index in [1.165, 1.54) is 0 Å². The first-order valence-corrected chi connectivity index (χ1v) is 6.74. The Hall–Kier alpha value is -0.940. The monoisotopic (exact) mass is 258 g/mol. The van der Waals surface area contributed by atoms with Crippen molar-refractivity contribution < 1.29 is 14.7 Å². The van der Waals surface area contributed by atoms with Crippen LogP contribution >= 0.6 is 0 Å². The van der Waals surface area contributed by atoms with Gasteiger partial charge in [0.1, 0.15) is 6.29 Å². The fourth-order valence-corrected chi connectivity index (χ4v) is 1.95. The van der Waals surface area contributed by atoms with Crippen molar-refractivity contribution in [3.63, 3.8) is 0 Å². The molecule has 5 heteroatoms. The second kappa shape index (κ2) is 11.2. The van der Waals surface area contributed by atoms with Gasteiger partial charge in [0.25, 0.3) is 0 Å². The summed E-state index contributed by atoms with van der Waals surface area (Å²) in [6.07, 6.45) is 3.48. The highest BCUT2D eigenvalue weighted by Crippen LogP contribution is 1.97. The van der Waals surface area contributed by atoms with Gasteiger partial charge >= 0.3 is 5.97 Å². The minimum Gasteiger partial charge on any atom is -0.480 e. The number of aldehydes is 1. The molecule has 5 nitrogen and oxygen atoms in total. The van der Waals surface area contributed by atoms with Gasteiger partial charge in [-0.15, -0.1) is 0 Å². The van der Waals surface area contributed by atoms with Crippen LogP contribution in [0, 0.1) is 0 Å². The number of rotatable bonds is 12. The first-order chi connectivity index (χ1) is 8.63. The van der Waals surface area contributed by atoms with Crippen molar-refractivity contribution >= 4 is 12.3 Å². The highest BCUT2D eigenvalue weighted by molar-refractivity contribution is 5.69. The molecule has 0 fully saturated rings. The SMILES string of the molecule is CCCN(CCC=O)CCN(CCC)CC(=O)O. The Balaban J connectivity index is 4.08. The van der Waals surface area contributed by atoms with Gasteiger partial charge in [-0.05, 0) is 25.9 Å². The minimum atomic E-state index is -0.779. The van der Waals surface area contributed by atoms with Crippen LogP contribution in [0.1, 0.15) is 33.1 Å². The van der Waals surface area contributed by atoms with Crippen molar-refractivity contribution in [2.24, 2.45) is 0 Å². The number of nitrogens with zero attached hydrogens (tertiary/aromatic N) is 2. The summed E-state index contributed by atoms with van der Waals surface area (Å²) in [5.41, 5.74) is 0. The Morgan fingerprint density at radius 3 is 2.06 bits per heavy atom. The van der Waals surface area contributed by atoms with Crippen LogP contribution in [0.3, 0.4) is 0 Å². The fraction of sp³-hybridized carbons (Fsp3) is 0.846. The predicted molar refractivity (Wildman–Crippen MR) is 71.8 cm³/mol. The van der Waals surface area contributed by atoms with Gasteiger partial charge in [0.05, 0.1) is 6.54 Å². The van der Waals surface area contributed by atoms with E-state index in [-0.39, 0.29) is 6.54 Å². The lowest BCUT2D eigenvalue weighted by Crippen LogP contribution is -2.39. The van der Waals surface area contributed by atoms with Crippen molar-refractivity contribution in [3.05, 3.63) is 0 Å². The highest BCUT2D eigenvalue weighted by Gasteiger charge is 2.10. The highest BCUT2D eigenvalue weighted by atomic mass is 16.4. The number of hydrogen-bond acceptors (Lipinski definition) is 4. The molecule has 18 heavy (non-hydrogen) atoms. The third-order valence-electron chi connectivity index (χ3n) is 2.73. The molecule has 0 aliphatic heterocycles. The lowest BCUT2D eigenvalue weighted by molar-refractivity contribution is -0.138. The normalized spacial score (nSPS) is 11.1. The van der Waals surface area contributed by atoms with E-state index in [4.69, 9.17) is 5.11 Å². The molecule has 0 aromatic carbocycles. The average molecular weight is 258 g/mol. The molecule has 0 unspecified atom stereocenters. The second-order valence-corrected chi connectivity index (χ2v) is 4.47. The van der Waals surface area contributed by atoms with Gasteiger partial charge in [0, 0.05) is 26.1 Å². The summed E-state index contributed by atoms with van der Waals surface area (Å²) in [5, 5.41) is 8.82. The molecular weight excluding hydrogens is 232 g/mol. The molecule has 0 saturated carbocycles. The van der Waals surface area contributed by atoms with Gasteiger partial charge in [-0.1, -0.05) is 13.8 Å². The molecule has 1 N–H and O–H groups in total. The number of carbonyl (C=O) groups is 2. The van der Waals surface area contributed by atoms with Crippen molar-refractivity contribution in [1.82, 2.24) is 9.80 Å². The van der Waals surface area contributed by atoms with E-state index in [0.29, 0.717) is 6.42 Å². The Labute approximate surface area is 110 Å². The Morgan fingerprint density at radius 1 is 1.00 bits per heavy atom. The quantitative estimate of drug-likeness (QED) is 0.531. The lowest BCUT2D eigenvalue weighted by atomic mass is 10.3. The smallest absolute Gasteiger partial charge is 0.317 e. The zero-order valence-corrected chi connectivity index (χ0v) is 11.6. The Kier molecular flexibility index (Phi) is 10.6. The molecule has 0 radical (unpaired) electrons. The molecule has 0 atom stereocenters. The maximum Gasteiger partial charge on any atom is 0.317 e. The number of hydrogen-bond donors (Lipinski definition) is 1. The second-order valence-electron chi connectivity index (χ2n) is 4.47. The van der Waals surface area contributed by atoms with Gasteiger partial charge < -0.3 is 14.8 Å². The van der Waals surface area contributed by atoms with Gasteiger partial charge in [-0.2, -0.15) is 0 Å². The van der Waals surface area contributed by atoms with Gasteiger partial charge in [0.15, 0.2) is 0 Å².